The molecule has 0 aromatic heterocycles. The van der Waals surface area contributed by atoms with E-state index >= 15 is 0 Å². The largest absolute Gasteiger partial charge is 0.353 e. The van der Waals surface area contributed by atoms with E-state index in [4.69, 9.17) is 0 Å². The van der Waals surface area contributed by atoms with E-state index in [0.717, 1.165) is 12.1 Å². The summed E-state index contributed by atoms with van der Waals surface area (Å²) >= 11 is 0. The Kier molecular flexibility index (Phi) is 4.88. The molecule has 0 atom stereocenters. The van der Waals surface area contributed by atoms with Crippen LogP contribution in [0.2, 0.25) is 0 Å². The highest BCUT2D eigenvalue weighted by atomic mass is 19.2. The molecule has 0 spiro atoms. The van der Waals surface area contributed by atoms with Crippen LogP contribution >= 0.6 is 0 Å². The Morgan fingerprint density at radius 2 is 1.35 bits per heavy atom. The van der Waals surface area contributed by atoms with Crippen LogP contribution in [0.1, 0.15) is 10.4 Å². The van der Waals surface area contributed by atoms with E-state index in [0.29, 0.717) is 11.4 Å². The second kappa shape index (κ2) is 7.26. The van der Waals surface area contributed by atoms with E-state index in [1.807, 2.05) is 0 Å². The number of hydrogen-bond acceptors (Lipinski definition) is 2. The van der Waals surface area contributed by atoms with Gasteiger partial charge in [0.25, 0.3) is 5.91 Å². The van der Waals surface area contributed by atoms with Gasteiger partial charge in [-0.25, -0.2) is 17.6 Å². The number of carbonyl (C=O) groups excluding carboxylic acids is 1. The average Bonchev–Trinajstić information content (AvgIpc) is 2.64. The van der Waals surface area contributed by atoms with Crippen molar-refractivity contribution in [2.24, 2.45) is 0 Å². The molecule has 0 bridgehead atoms. The van der Waals surface area contributed by atoms with Crippen molar-refractivity contribution < 1.29 is 22.4 Å². The lowest BCUT2D eigenvalue weighted by atomic mass is 10.2. The zero-order chi connectivity index (χ0) is 18.7. The van der Waals surface area contributed by atoms with Crippen LogP contribution < -0.4 is 10.6 Å². The van der Waals surface area contributed by atoms with Gasteiger partial charge in [0, 0.05) is 11.4 Å². The number of nitrogens with one attached hydrogen (secondary N) is 2. The number of halogens is 4. The lowest BCUT2D eigenvalue weighted by Crippen LogP contribution is -2.13. The number of anilines is 3. The van der Waals surface area contributed by atoms with Crippen LogP contribution in [0.4, 0.5) is 34.6 Å². The predicted octanol–water partition coefficient (Wildman–Crippen LogP) is 5.24. The van der Waals surface area contributed by atoms with Gasteiger partial charge >= 0.3 is 0 Å². The van der Waals surface area contributed by atoms with Gasteiger partial charge in [-0.1, -0.05) is 12.1 Å². The maximum atomic E-state index is 13.7. The molecule has 3 aromatic rings. The summed E-state index contributed by atoms with van der Waals surface area (Å²) in [6.45, 7) is 0. The third-order valence-electron chi connectivity index (χ3n) is 3.58. The SMILES string of the molecule is O=C(Nc1ccc(Nc2ccc(F)c(F)c2F)cc1)c1ccccc1F. The molecule has 0 saturated heterocycles. The molecule has 0 unspecified atom stereocenters. The third-order valence-corrected chi connectivity index (χ3v) is 3.58. The molecule has 132 valence electrons. The van der Waals surface area contributed by atoms with Gasteiger partial charge in [0.05, 0.1) is 11.3 Å². The second-order valence-corrected chi connectivity index (χ2v) is 5.36. The second-order valence-electron chi connectivity index (χ2n) is 5.36. The summed E-state index contributed by atoms with van der Waals surface area (Å²) in [6.07, 6.45) is 0. The highest BCUT2D eigenvalue weighted by Gasteiger charge is 2.14. The van der Waals surface area contributed by atoms with Crippen LogP contribution in [-0.4, -0.2) is 5.91 Å². The summed E-state index contributed by atoms with van der Waals surface area (Å²) < 4.78 is 53.4. The standard InChI is InChI=1S/C19H12F4N2O/c20-14-4-2-1-3-13(14)19(26)25-12-7-5-11(6-8-12)24-16-10-9-15(21)17(22)18(16)23/h1-10,24H,(H,25,26). The average molecular weight is 360 g/mol. The van der Waals surface area contributed by atoms with Gasteiger partial charge in [0.2, 0.25) is 0 Å². The zero-order valence-electron chi connectivity index (χ0n) is 13.2. The first kappa shape index (κ1) is 17.5. The Morgan fingerprint density at radius 3 is 2.04 bits per heavy atom. The molecule has 26 heavy (non-hydrogen) atoms. The lowest BCUT2D eigenvalue weighted by molar-refractivity contribution is 0.102. The number of amides is 1. The Hall–Kier alpha value is -3.35. The fourth-order valence-electron chi connectivity index (χ4n) is 2.26. The molecule has 3 nitrogen and oxygen atoms in total. The van der Waals surface area contributed by atoms with E-state index in [1.54, 1.807) is 6.07 Å². The van der Waals surface area contributed by atoms with Crippen molar-refractivity contribution in [1.82, 2.24) is 0 Å². The first-order valence-corrected chi connectivity index (χ1v) is 7.52. The van der Waals surface area contributed by atoms with Gasteiger partial charge < -0.3 is 10.6 Å². The Labute approximate surface area is 146 Å². The number of benzene rings is 3. The molecule has 0 heterocycles. The predicted molar refractivity (Wildman–Crippen MR) is 90.4 cm³/mol. The summed E-state index contributed by atoms with van der Waals surface area (Å²) in [5.74, 6) is -5.43. The maximum Gasteiger partial charge on any atom is 0.258 e. The van der Waals surface area contributed by atoms with Crippen molar-refractivity contribution in [3.05, 3.63) is 89.5 Å². The van der Waals surface area contributed by atoms with E-state index in [9.17, 15) is 22.4 Å². The molecule has 3 aromatic carbocycles. The first-order valence-electron chi connectivity index (χ1n) is 7.52. The van der Waals surface area contributed by atoms with Gasteiger partial charge in [-0.15, -0.1) is 0 Å². The monoisotopic (exact) mass is 360 g/mol. The molecule has 1 amide bonds. The fourth-order valence-corrected chi connectivity index (χ4v) is 2.26. The number of hydrogen-bond donors (Lipinski definition) is 2. The van der Waals surface area contributed by atoms with Crippen molar-refractivity contribution in [3.63, 3.8) is 0 Å². The summed E-state index contributed by atoms with van der Waals surface area (Å²) in [5, 5.41) is 5.13. The Morgan fingerprint density at radius 1 is 0.692 bits per heavy atom. The maximum absolute atomic E-state index is 13.7. The van der Waals surface area contributed by atoms with Gasteiger partial charge in [0.1, 0.15) is 5.82 Å². The minimum atomic E-state index is -1.57. The summed E-state index contributed by atoms with van der Waals surface area (Å²) in [4.78, 5) is 12.0. The van der Waals surface area contributed by atoms with Gasteiger partial charge in [-0.3, -0.25) is 4.79 Å². The van der Waals surface area contributed by atoms with Crippen molar-refractivity contribution in [3.8, 4) is 0 Å². The molecule has 0 aliphatic rings. The fraction of sp³-hybridized carbons (Fsp3) is 0. The summed E-state index contributed by atoms with van der Waals surface area (Å²) in [5.41, 5.74) is 0.443. The van der Waals surface area contributed by atoms with Crippen molar-refractivity contribution >= 4 is 23.0 Å². The molecule has 0 saturated carbocycles. The minimum absolute atomic E-state index is 0.0986. The van der Waals surface area contributed by atoms with Crippen LogP contribution in [0.5, 0.6) is 0 Å². The number of carbonyl (C=O) groups is 1. The summed E-state index contributed by atoms with van der Waals surface area (Å²) in [6, 6.07) is 13.4. The van der Waals surface area contributed by atoms with Gasteiger partial charge in [-0.2, -0.15) is 0 Å². The molecule has 7 heteroatoms. The molecule has 0 fully saturated rings. The van der Waals surface area contributed by atoms with Gasteiger partial charge in [0.15, 0.2) is 17.5 Å². The van der Waals surface area contributed by atoms with Crippen molar-refractivity contribution in [2.45, 2.75) is 0 Å². The normalized spacial score (nSPS) is 10.5. The molecule has 2 N–H and O–H groups in total. The summed E-state index contributed by atoms with van der Waals surface area (Å²) in [7, 11) is 0. The van der Waals surface area contributed by atoms with Crippen LogP contribution in [-0.2, 0) is 0 Å². The quantitative estimate of drug-likeness (QED) is 0.494. The van der Waals surface area contributed by atoms with E-state index < -0.39 is 29.2 Å². The van der Waals surface area contributed by atoms with Crippen molar-refractivity contribution in [1.29, 1.82) is 0 Å². The lowest BCUT2D eigenvalue weighted by Gasteiger charge is -2.10. The molecule has 0 aliphatic heterocycles. The smallest absolute Gasteiger partial charge is 0.258 e. The van der Waals surface area contributed by atoms with Crippen LogP contribution in [0, 0.1) is 23.3 Å². The van der Waals surface area contributed by atoms with E-state index in [1.165, 1.54) is 42.5 Å². The highest BCUT2D eigenvalue weighted by molar-refractivity contribution is 6.04. The topological polar surface area (TPSA) is 41.1 Å². The molecular weight excluding hydrogens is 348 g/mol. The Balaban J connectivity index is 1.72. The van der Waals surface area contributed by atoms with E-state index in [2.05, 4.69) is 10.6 Å². The van der Waals surface area contributed by atoms with Crippen LogP contribution in [0.3, 0.4) is 0 Å². The van der Waals surface area contributed by atoms with Gasteiger partial charge in [-0.05, 0) is 48.5 Å². The van der Waals surface area contributed by atoms with Crippen molar-refractivity contribution in [2.75, 3.05) is 10.6 Å². The minimum Gasteiger partial charge on any atom is -0.353 e. The highest BCUT2D eigenvalue weighted by Crippen LogP contribution is 2.24. The van der Waals surface area contributed by atoms with Crippen LogP contribution in [0.15, 0.2) is 60.7 Å². The Bertz CT molecular complexity index is 958. The van der Waals surface area contributed by atoms with Crippen LogP contribution in [0.25, 0.3) is 0 Å². The molecular formula is C19H12F4N2O. The first-order chi connectivity index (χ1) is 12.5. The zero-order valence-corrected chi connectivity index (χ0v) is 13.2. The molecule has 3 rings (SSSR count). The van der Waals surface area contributed by atoms with E-state index in [-0.39, 0.29) is 11.3 Å². The molecule has 0 aliphatic carbocycles. The third kappa shape index (κ3) is 3.66. The number of rotatable bonds is 4. The molecule has 0 radical (unpaired) electrons.